The summed E-state index contributed by atoms with van der Waals surface area (Å²) in [5, 5.41) is 8.57. The number of aliphatic hydroxyl groups is 1. The lowest BCUT2D eigenvalue weighted by molar-refractivity contribution is -0.147. The van der Waals surface area contributed by atoms with Crippen LogP contribution in [0.15, 0.2) is 30.3 Å². The summed E-state index contributed by atoms with van der Waals surface area (Å²) in [6.45, 7) is 0.273. The van der Waals surface area contributed by atoms with Crippen LogP contribution >= 0.6 is 0 Å². The highest BCUT2D eigenvalue weighted by molar-refractivity contribution is 5.95. The molecule has 1 rings (SSSR count). The SMILES string of the molecule is O=C(CCCCO)CC(=O)OCc1ccccc1. The van der Waals surface area contributed by atoms with E-state index in [1.165, 1.54) is 0 Å². The van der Waals surface area contributed by atoms with Crippen molar-refractivity contribution in [3.8, 4) is 0 Å². The highest BCUT2D eigenvalue weighted by Crippen LogP contribution is 2.04. The average Bonchev–Trinajstić information content (AvgIpc) is 2.38. The minimum atomic E-state index is -0.493. The Morgan fingerprint density at radius 2 is 1.83 bits per heavy atom. The number of unbranched alkanes of at least 4 members (excludes halogenated alkanes) is 1. The second-order valence-electron chi connectivity index (χ2n) is 4.04. The third-order valence-electron chi connectivity index (χ3n) is 2.45. The molecule has 0 radical (unpaired) electrons. The number of esters is 1. The Balaban J connectivity index is 2.19. The van der Waals surface area contributed by atoms with Crippen LogP contribution in [0.25, 0.3) is 0 Å². The van der Waals surface area contributed by atoms with E-state index in [9.17, 15) is 9.59 Å². The van der Waals surface area contributed by atoms with E-state index < -0.39 is 5.97 Å². The maximum absolute atomic E-state index is 11.4. The minimum Gasteiger partial charge on any atom is -0.460 e. The van der Waals surface area contributed by atoms with Gasteiger partial charge in [-0.1, -0.05) is 30.3 Å². The molecule has 0 atom stereocenters. The van der Waals surface area contributed by atoms with Crippen molar-refractivity contribution in [3.05, 3.63) is 35.9 Å². The maximum atomic E-state index is 11.4. The molecule has 0 saturated heterocycles. The van der Waals surface area contributed by atoms with Crippen LogP contribution in [0.4, 0.5) is 0 Å². The van der Waals surface area contributed by atoms with Crippen molar-refractivity contribution >= 4 is 11.8 Å². The van der Waals surface area contributed by atoms with E-state index in [-0.39, 0.29) is 25.4 Å². The Morgan fingerprint density at radius 1 is 1.11 bits per heavy atom. The molecule has 0 aliphatic rings. The van der Waals surface area contributed by atoms with E-state index in [2.05, 4.69) is 0 Å². The van der Waals surface area contributed by atoms with Gasteiger partial charge in [-0.15, -0.1) is 0 Å². The van der Waals surface area contributed by atoms with Crippen LogP contribution < -0.4 is 0 Å². The van der Waals surface area contributed by atoms with Crippen molar-refractivity contribution < 1.29 is 19.4 Å². The van der Waals surface area contributed by atoms with Gasteiger partial charge in [0.05, 0.1) is 0 Å². The molecule has 1 N–H and O–H groups in total. The van der Waals surface area contributed by atoms with Gasteiger partial charge in [-0.2, -0.15) is 0 Å². The average molecular weight is 250 g/mol. The predicted molar refractivity (Wildman–Crippen MR) is 66.8 cm³/mol. The first-order chi connectivity index (χ1) is 8.72. The van der Waals surface area contributed by atoms with Crippen molar-refractivity contribution in [1.82, 2.24) is 0 Å². The number of aliphatic hydroxyl groups excluding tert-OH is 1. The van der Waals surface area contributed by atoms with Crippen molar-refractivity contribution in [2.75, 3.05) is 6.61 Å². The van der Waals surface area contributed by atoms with E-state index in [4.69, 9.17) is 9.84 Å². The molecule has 0 aliphatic carbocycles. The first-order valence-corrected chi connectivity index (χ1v) is 6.04. The van der Waals surface area contributed by atoms with Crippen molar-refractivity contribution in [2.24, 2.45) is 0 Å². The molecule has 1 aromatic carbocycles. The molecule has 4 heteroatoms. The normalized spacial score (nSPS) is 10.1. The molecule has 0 unspecified atom stereocenters. The third-order valence-corrected chi connectivity index (χ3v) is 2.45. The number of hydrogen-bond donors (Lipinski definition) is 1. The summed E-state index contributed by atoms with van der Waals surface area (Å²) >= 11 is 0. The largest absolute Gasteiger partial charge is 0.460 e. The second-order valence-corrected chi connectivity index (χ2v) is 4.04. The van der Waals surface area contributed by atoms with Crippen molar-refractivity contribution in [1.29, 1.82) is 0 Å². The molecule has 0 fully saturated rings. The number of benzene rings is 1. The molecule has 18 heavy (non-hydrogen) atoms. The summed E-state index contributed by atoms with van der Waals surface area (Å²) in [6, 6.07) is 9.33. The summed E-state index contributed by atoms with van der Waals surface area (Å²) in [4.78, 5) is 22.7. The van der Waals surface area contributed by atoms with Gasteiger partial charge in [-0.3, -0.25) is 9.59 Å². The zero-order chi connectivity index (χ0) is 13.2. The van der Waals surface area contributed by atoms with Crippen LogP contribution in [0.3, 0.4) is 0 Å². The maximum Gasteiger partial charge on any atom is 0.313 e. The fourth-order valence-electron chi connectivity index (χ4n) is 1.47. The van der Waals surface area contributed by atoms with Crippen molar-refractivity contribution in [2.45, 2.75) is 32.3 Å². The zero-order valence-electron chi connectivity index (χ0n) is 10.3. The Kier molecular flexibility index (Phi) is 6.72. The molecular formula is C14H18O4. The monoisotopic (exact) mass is 250 g/mol. The van der Waals surface area contributed by atoms with E-state index in [0.717, 1.165) is 5.56 Å². The molecule has 0 spiro atoms. The molecular weight excluding hydrogens is 232 g/mol. The standard InChI is InChI=1S/C14H18O4/c15-9-5-4-8-13(16)10-14(17)18-11-12-6-2-1-3-7-12/h1-3,6-7,15H,4-5,8-11H2. The molecule has 1 aromatic rings. The van der Waals surface area contributed by atoms with Crippen LogP contribution in [0.5, 0.6) is 0 Å². The molecule has 0 bridgehead atoms. The number of carbonyl (C=O) groups excluding carboxylic acids is 2. The van der Waals surface area contributed by atoms with Gasteiger partial charge < -0.3 is 9.84 Å². The Hall–Kier alpha value is -1.68. The summed E-state index contributed by atoms with van der Waals surface area (Å²) in [5.41, 5.74) is 0.901. The van der Waals surface area contributed by atoms with Gasteiger partial charge >= 0.3 is 5.97 Å². The number of ketones is 1. The topological polar surface area (TPSA) is 63.6 Å². The van der Waals surface area contributed by atoms with Gasteiger partial charge in [0.15, 0.2) is 0 Å². The van der Waals surface area contributed by atoms with Gasteiger partial charge in [0.2, 0.25) is 0 Å². The quantitative estimate of drug-likeness (QED) is 0.434. The fourth-order valence-corrected chi connectivity index (χ4v) is 1.47. The number of Topliss-reactive ketones (excluding diaryl/α,β-unsaturated/α-hetero) is 1. The first kappa shape index (κ1) is 14.4. The number of ether oxygens (including phenoxy) is 1. The van der Waals surface area contributed by atoms with Crippen LogP contribution in [-0.4, -0.2) is 23.5 Å². The first-order valence-electron chi connectivity index (χ1n) is 6.04. The number of carbonyl (C=O) groups is 2. The molecule has 0 amide bonds. The van der Waals surface area contributed by atoms with Gasteiger partial charge in [0.1, 0.15) is 18.8 Å². The van der Waals surface area contributed by atoms with Crippen LogP contribution in [-0.2, 0) is 20.9 Å². The van der Waals surface area contributed by atoms with Gasteiger partial charge in [-0.05, 0) is 18.4 Å². The van der Waals surface area contributed by atoms with Crippen LogP contribution in [0.2, 0.25) is 0 Å². The molecule has 0 aromatic heterocycles. The van der Waals surface area contributed by atoms with Crippen LogP contribution in [0, 0.1) is 0 Å². The summed E-state index contributed by atoms with van der Waals surface area (Å²) in [5.74, 6) is -0.630. The fraction of sp³-hybridized carbons (Fsp3) is 0.429. The highest BCUT2D eigenvalue weighted by atomic mass is 16.5. The molecule has 4 nitrogen and oxygen atoms in total. The predicted octanol–water partition coefficient (Wildman–Crippen LogP) is 1.85. The van der Waals surface area contributed by atoms with E-state index in [1.54, 1.807) is 0 Å². The molecule has 0 aliphatic heterocycles. The Morgan fingerprint density at radius 3 is 2.50 bits per heavy atom. The van der Waals surface area contributed by atoms with E-state index in [1.807, 2.05) is 30.3 Å². The minimum absolute atomic E-state index is 0.0751. The number of hydrogen-bond acceptors (Lipinski definition) is 4. The lowest BCUT2D eigenvalue weighted by Crippen LogP contribution is -2.11. The zero-order valence-corrected chi connectivity index (χ0v) is 10.3. The Labute approximate surface area is 107 Å². The highest BCUT2D eigenvalue weighted by Gasteiger charge is 2.10. The summed E-state index contributed by atoms with van der Waals surface area (Å²) in [7, 11) is 0. The van der Waals surface area contributed by atoms with Crippen LogP contribution in [0.1, 0.15) is 31.2 Å². The molecule has 98 valence electrons. The lowest BCUT2D eigenvalue weighted by atomic mass is 10.1. The lowest BCUT2D eigenvalue weighted by Gasteiger charge is -2.04. The molecule has 0 heterocycles. The van der Waals surface area contributed by atoms with Gasteiger partial charge in [0.25, 0.3) is 0 Å². The summed E-state index contributed by atoms with van der Waals surface area (Å²) < 4.78 is 5.00. The molecule has 0 saturated carbocycles. The number of rotatable bonds is 8. The van der Waals surface area contributed by atoms with Gasteiger partial charge in [0, 0.05) is 13.0 Å². The van der Waals surface area contributed by atoms with E-state index >= 15 is 0 Å². The van der Waals surface area contributed by atoms with E-state index in [0.29, 0.717) is 19.3 Å². The Bertz CT molecular complexity index is 373. The second kappa shape index (κ2) is 8.42. The third kappa shape index (κ3) is 6.15. The summed E-state index contributed by atoms with van der Waals surface area (Å²) in [6.07, 6.45) is 1.34. The smallest absolute Gasteiger partial charge is 0.313 e. The van der Waals surface area contributed by atoms with Crippen molar-refractivity contribution in [3.63, 3.8) is 0 Å². The van der Waals surface area contributed by atoms with Gasteiger partial charge in [-0.25, -0.2) is 0 Å².